The van der Waals surface area contributed by atoms with Crippen molar-refractivity contribution in [2.75, 3.05) is 7.11 Å². The number of halogens is 3. The maximum absolute atomic E-state index is 12.9. The first-order chi connectivity index (χ1) is 14.7. The maximum atomic E-state index is 12.9. The van der Waals surface area contributed by atoms with Gasteiger partial charge in [0.15, 0.2) is 5.69 Å². The molecular weight excluding hydrogens is 487 g/mol. The molecule has 3 aromatic rings. The van der Waals surface area contributed by atoms with Crippen molar-refractivity contribution < 1.29 is 17.9 Å². The summed E-state index contributed by atoms with van der Waals surface area (Å²) >= 11 is 18.3. The van der Waals surface area contributed by atoms with Gasteiger partial charge in [-0.25, -0.2) is 17.8 Å². The Labute approximate surface area is 193 Å². The topological polar surface area (TPSA) is 103 Å². The first-order valence-corrected chi connectivity index (χ1v) is 11.6. The predicted octanol–water partition coefficient (Wildman–Crippen LogP) is 4.23. The largest absolute Gasteiger partial charge is 0.497 e. The number of sulfonamides is 1. The third kappa shape index (κ3) is 4.36. The lowest BCUT2D eigenvalue weighted by molar-refractivity contribution is 0.0975. The molecule has 1 amide bonds. The van der Waals surface area contributed by atoms with Crippen LogP contribution in [0.1, 0.15) is 34.9 Å². The highest BCUT2D eigenvalue weighted by Gasteiger charge is 2.36. The molecule has 0 aliphatic heterocycles. The fourth-order valence-corrected chi connectivity index (χ4v) is 5.00. The Bertz CT molecular complexity index is 1290. The summed E-state index contributed by atoms with van der Waals surface area (Å²) in [7, 11) is -2.90. The fraction of sp³-hybridized carbons (Fsp3) is 0.211. The van der Waals surface area contributed by atoms with E-state index in [1.807, 2.05) is 4.72 Å². The van der Waals surface area contributed by atoms with Crippen molar-refractivity contribution >= 4 is 50.7 Å². The van der Waals surface area contributed by atoms with E-state index in [4.69, 9.17) is 39.5 Å². The van der Waals surface area contributed by atoms with Crippen molar-refractivity contribution in [1.82, 2.24) is 19.7 Å². The second kappa shape index (κ2) is 8.31. The molecular formula is C19H15Cl3N4O4S. The highest BCUT2D eigenvalue weighted by atomic mass is 35.5. The summed E-state index contributed by atoms with van der Waals surface area (Å²) in [5.74, 6) is -0.637. The number of aromatic nitrogens is 3. The van der Waals surface area contributed by atoms with E-state index in [0.717, 1.165) is 12.8 Å². The van der Waals surface area contributed by atoms with Crippen LogP contribution in [0.25, 0.3) is 5.69 Å². The van der Waals surface area contributed by atoms with Crippen molar-refractivity contribution in [3.63, 3.8) is 0 Å². The van der Waals surface area contributed by atoms with Gasteiger partial charge in [-0.15, -0.1) is 5.10 Å². The zero-order valence-corrected chi connectivity index (χ0v) is 19.1. The van der Waals surface area contributed by atoms with Crippen LogP contribution in [0.15, 0.2) is 41.3 Å². The Morgan fingerprint density at radius 1 is 1.13 bits per heavy atom. The molecule has 2 aromatic carbocycles. The number of rotatable bonds is 6. The van der Waals surface area contributed by atoms with E-state index in [2.05, 4.69) is 10.3 Å². The van der Waals surface area contributed by atoms with Gasteiger partial charge in [0.1, 0.15) is 10.6 Å². The summed E-state index contributed by atoms with van der Waals surface area (Å²) in [5.41, 5.74) is 0.864. The van der Waals surface area contributed by atoms with Gasteiger partial charge in [0, 0.05) is 17.0 Å². The maximum Gasteiger partial charge on any atom is 0.287 e. The van der Waals surface area contributed by atoms with Crippen LogP contribution in [-0.4, -0.2) is 36.4 Å². The monoisotopic (exact) mass is 500 g/mol. The molecule has 1 saturated carbocycles. The number of hydrogen-bond donors (Lipinski definition) is 1. The van der Waals surface area contributed by atoms with Crippen molar-refractivity contribution in [1.29, 1.82) is 0 Å². The van der Waals surface area contributed by atoms with Crippen molar-refractivity contribution in [3.8, 4) is 11.4 Å². The van der Waals surface area contributed by atoms with Gasteiger partial charge in [0.25, 0.3) is 15.9 Å². The standard InChI is InChI=1S/C19H15Cl3N4O4S/c1-30-12-5-6-13(21)16(9-12)31(28,29)24-19(27)17-18(10-2-3-10)26(25-23-17)15-7-4-11(20)8-14(15)22/h4-10H,2-3H2,1H3,(H,24,27). The second-order valence-corrected chi connectivity index (χ2v) is 9.74. The van der Waals surface area contributed by atoms with E-state index in [1.165, 1.54) is 30.0 Å². The van der Waals surface area contributed by atoms with Gasteiger partial charge >= 0.3 is 0 Å². The molecule has 4 rings (SSSR count). The number of carbonyl (C=O) groups excluding carboxylic acids is 1. The van der Waals surface area contributed by atoms with Crippen molar-refractivity contribution in [2.45, 2.75) is 23.7 Å². The van der Waals surface area contributed by atoms with Crippen LogP contribution in [0.3, 0.4) is 0 Å². The molecule has 0 bridgehead atoms. The first kappa shape index (κ1) is 21.9. The first-order valence-electron chi connectivity index (χ1n) is 9.03. The normalized spacial score (nSPS) is 13.8. The van der Waals surface area contributed by atoms with Gasteiger partial charge in [-0.05, 0) is 43.2 Å². The summed E-state index contributed by atoms with van der Waals surface area (Å²) in [6.45, 7) is 0. The number of carbonyl (C=O) groups is 1. The smallest absolute Gasteiger partial charge is 0.287 e. The summed E-state index contributed by atoms with van der Waals surface area (Å²) in [5, 5.41) is 8.69. The minimum atomic E-state index is -4.29. The lowest BCUT2D eigenvalue weighted by atomic mass is 10.2. The van der Waals surface area contributed by atoms with E-state index < -0.39 is 15.9 Å². The number of ether oxygens (including phenoxy) is 1. The molecule has 0 radical (unpaired) electrons. The van der Waals surface area contributed by atoms with Gasteiger partial charge in [-0.1, -0.05) is 40.0 Å². The number of nitrogens with one attached hydrogen (secondary N) is 1. The van der Waals surface area contributed by atoms with Crippen LogP contribution in [0.4, 0.5) is 0 Å². The van der Waals surface area contributed by atoms with Crippen molar-refractivity contribution in [2.24, 2.45) is 0 Å². The van der Waals surface area contributed by atoms with Gasteiger partial charge in [0.2, 0.25) is 0 Å². The lowest BCUT2D eigenvalue weighted by Crippen LogP contribution is -2.31. The molecule has 162 valence electrons. The number of nitrogens with zero attached hydrogens (tertiary/aromatic N) is 3. The SMILES string of the molecule is COc1ccc(Cl)c(S(=O)(=O)NC(=O)c2nnn(-c3ccc(Cl)cc3Cl)c2C2CC2)c1. The average molecular weight is 502 g/mol. The zero-order valence-electron chi connectivity index (χ0n) is 16.0. The van der Waals surface area contributed by atoms with E-state index in [1.54, 1.807) is 18.2 Å². The molecule has 0 atom stereocenters. The predicted molar refractivity (Wildman–Crippen MR) is 116 cm³/mol. The molecule has 1 aliphatic rings. The number of benzene rings is 2. The summed E-state index contributed by atoms with van der Waals surface area (Å²) < 4.78 is 34.1. The summed E-state index contributed by atoms with van der Waals surface area (Å²) in [6, 6.07) is 8.94. The molecule has 1 N–H and O–H groups in total. The van der Waals surface area contributed by atoms with Crippen LogP contribution >= 0.6 is 34.8 Å². The number of methoxy groups -OCH3 is 1. The van der Waals surface area contributed by atoms with Gasteiger partial charge in [-0.3, -0.25) is 4.79 Å². The second-order valence-electron chi connectivity index (χ2n) is 6.84. The summed E-state index contributed by atoms with van der Waals surface area (Å²) in [4.78, 5) is 12.6. The minimum absolute atomic E-state index is 0.00519. The zero-order chi connectivity index (χ0) is 22.3. The van der Waals surface area contributed by atoms with Crippen LogP contribution in [0.2, 0.25) is 15.1 Å². The van der Waals surface area contributed by atoms with Crippen LogP contribution in [0.5, 0.6) is 5.75 Å². The van der Waals surface area contributed by atoms with Gasteiger partial charge in [-0.2, -0.15) is 0 Å². The van der Waals surface area contributed by atoms with E-state index in [0.29, 0.717) is 21.4 Å². The molecule has 1 heterocycles. The number of amides is 1. The lowest BCUT2D eigenvalue weighted by Gasteiger charge is -2.11. The highest BCUT2D eigenvalue weighted by molar-refractivity contribution is 7.90. The molecule has 0 unspecified atom stereocenters. The van der Waals surface area contributed by atoms with Crippen molar-refractivity contribution in [3.05, 3.63) is 62.9 Å². The van der Waals surface area contributed by atoms with Crippen LogP contribution < -0.4 is 9.46 Å². The molecule has 31 heavy (non-hydrogen) atoms. The van der Waals surface area contributed by atoms with Gasteiger partial charge in [0.05, 0.1) is 28.5 Å². The molecule has 8 nitrogen and oxygen atoms in total. The Hall–Kier alpha value is -2.33. The van der Waals surface area contributed by atoms with E-state index in [-0.39, 0.29) is 27.3 Å². The molecule has 0 saturated heterocycles. The van der Waals surface area contributed by atoms with Gasteiger partial charge < -0.3 is 4.74 Å². The molecule has 0 spiro atoms. The summed E-state index contributed by atoms with van der Waals surface area (Å²) in [6.07, 6.45) is 1.63. The van der Waals surface area contributed by atoms with Crippen LogP contribution in [0, 0.1) is 0 Å². The molecule has 12 heteroatoms. The Kier molecular flexibility index (Phi) is 5.87. The highest BCUT2D eigenvalue weighted by Crippen LogP contribution is 2.42. The van der Waals surface area contributed by atoms with E-state index >= 15 is 0 Å². The minimum Gasteiger partial charge on any atom is -0.497 e. The molecule has 1 aromatic heterocycles. The quantitative estimate of drug-likeness (QED) is 0.542. The third-order valence-corrected chi connectivity index (χ3v) is 7.03. The Balaban J connectivity index is 1.71. The molecule has 1 aliphatic carbocycles. The van der Waals surface area contributed by atoms with E-state index in [9.17, 15) is 13.2 Å². The molecule has 1 fully saturated rings. The number of hydrogen-bond acceptors (Lipinski definition) is 6. The van der Waals surface area contributed by atoms with Crippen LogP contribution in [-0.2, 0) is 10.0 Å². The average Bonchev–Trinajstić information content (AvgIpc) is 3.46. The third-order valence-electron chi connectivity index (χ3n) is 4.68. The fourth-order valence-electron chi connectivity index (χ4n) is 3.05. The Morgan fingerprint density at radius 3 is 2.52 bits per heavy atom. The Morgan fingerprint density at radius 2 is 1.87 bits per heavy atom.